The summed E-state index contributed by atoms with van der Waals surface area (Å²) in [4.78, 5) is 20.5. The highest BCUT2D eigenvalue weighted by Crippen LogP contribution is 2.19. The maximum Gasteiger partial charge on any atom is 0.254 e. The number of carbonyl (C=O) groups excluding carboxylic acids is 1. The number of aromatic nitrogens is 4. The molecule has 0 aliphatic rings. The predicted octanol–water partition coefficient (Wildman–Crippen LogP) is 3.22. The average Bonchev–Trinajstić information content (AvgIpc) is 3.11. The zero-order valence-electron chi connectivity index (χ0n) is 13.1. The molecule has 2 aromatic heterocycles. The van der Waals surface area contributed by atoms with E-state index in [1.54, 1.807) is 13.2 Å². The highest BCUT2D eigenvalue weighted by molar-refractivity contribution is 9.10. The number of pyridine rings is 1. The number of amides is 1. The summed E-state index contributed by atoms with van der Waals surface area (Å²) in [5, 5.41) is 9.82. The molecule has 0 unspecified atom stereocenters. The number of aromatic amines is 1. The molecule has 2 heterocycles. The summed E-state index contributed by atoms with van der Waals surface area (Å²) in [7, 11) is 1.61. The van der Waals surface area contributed by atoms with Crippen LogP contribution in [0.2, 0.25) is 5.15 Å². The predicted molar refractivity (Wildman–Crippen MR) is 96.5 cm³/mol. The Balaban J connectivity index is 1.67. The van der Waals surface area contributed by atoms with Gasteiger partial charge in [0, 0.05) is 16.2 Å². The Morgan fingerprint density at radius 2 is 2.12 bits per heavy atom. The van der Waals surface area contributed by atoms with Gasteiger partial charge in [-0.05, 0) is 46.3 Å². The largest absolute Gasteiger partial charge is 0.497 e. The molecular weight excluding hydrogens is 410 g/mol. The summed E-state index contributed by atoms with van der Waals surface area (Å²) in [6, 6.07) is 8.98. The lowest BCUT2D eigenvalue weighted by molar-refractivity contribution is 0.0949. The van der Waals surface area contributed by atoms with E-state index in [1.165, 1.54) is 6.20 Å². The van der Waals surface area contributed by atoms with E-state index in [0.717, 1.165) is 11.3 Å². The molecule has 3 aromatic rings. The fraction of sp³-hybridized carbons (Fsp3) is 0.125. The second-order valence-electron chi connectivity index (χ2n) is 5.01. The molecule has 25 heavy (non-hydrogen) atoms. The minimum atomic E-state index is -0.346. The van der Waals surface area contributed by atoms with Crippen molar-refractivity contribution in [3.05, 3.63) is 57.5 Å². The minimum absolute atomic E-state index is 0.136. The highest BCUT2D eigenvalue weighted by atomic mass is 79.9. The van der Waals surface area contributed by atoms with E-state index >= 15 is 0 Å². The van der Waals surface area contributed by atoms with Gasteiger partial charge in [-0.25, -0.2) is 9.97 Å². The fourth-order valence-electron chi connectivity index (χ4n) is 2.08. The van der Waals surface area contributed by atoms with Gasteiger partial charge in [-0.1, -0.05) is 11.6 Å². The third-order valence-electron chi connectivity index (χ3n) is 3.35. The second kappa shape index (κ2) is 7.62. The van der Waals surface area contributed by atoms with Crippen LogP contribution in [-0.2, 0) is 6.54 Å². The molecule has 0 atom stereocenters. The third kappa shape index (κ3) is 4.15. The quantitative estimate of drug-likeness (QED) is 0.616. The molecule has 0 fully saturated rings. The summed E-state index contributed by atoms with van der Waals surface area (Å²) in [5.41, 5.74) is 1.12. The standard InChI is InChI=1S/C16H13BrClN5O2/c1-25-11-4-2-9(3-5-11)15-21-13(22-23-15)8-20-16(24)12-6-10(17)7-19-14(12)18/h2-7H,8H2,1H3,(H,20,24)(H,21,22,23). The van der Waals surface area contributed by atoms with E-state index < -0.39 is 0 Å². The molecule has 0 bridgehead atoms. The number of nitrogens with zero attached hydrogens (tertiary/aromatic N) is 3. The fourth-order valence-corrected chi connectivity index (χ4v) is 2.61. The first-order chi connectivity index (χ1) is 12.1. The topological polar surface area (TPSA) is 92.8 Å². The van der Waals surface area contributed by atoms with E-state index in [9.17, 15) is 4.79 Å². The van der Waals surface area contributed by atoms with Crippen LogP contribution < -0.4 is 10.1 Å². The lowest BCUT2D eigenvalue weighted by atomic mass is 10.2. The van der Waals surface area contributed by atoms with Gasteiger partial charge in [-0.3, -0.25) is 9.89 Å². The van der Waals surface area contributed by atoms with Crippen LogP contribution in [0, 0.1) is 0 Å². The molecular formula is C16H13BrClN5O2. The van der Waals surface area contributed by atoms with Crippen LogP contribution in [0.25, 0.3) is 11.4 Å². The van der Waals surface area contributed by atoms with Gasteiger partial charge in [0.05, 0.1) is 19.2 Å². The molecule has 0 spiro atoms. The summed E-state index contributed by atoms with van der Waals surface area (Å²) in [6.07, 6.45) is 1.52. The zero-order chi connectivity index (χ0) is 17.8. The number of hydrogen-bond acceptors (Lipinski definition) is 5. The Bertz CT molecular complexity index is 898. The van der Waals surface area contributed by atoms with Crippen LogP contribution in [0.4, 0.5) is 0 Å². The molecule has 9 heteroatoms. The molecule has 0 aliphatic heterocycles. The van der Waals surface area contributed by atoms with Crippen LogP contribution in [0.1, 0.15) is 16.2 Å². The number of hydrogen-bond donors (Lipinski definition) is 2. The van der Waals surface area contributed by atoms with E-state index in [4.69, 9.17) is 16.3 Å². The Labute approximate surface area is 156 Å². The molecule has 1 aromatic carbocycles. The van der Waals surface area contributed by atoms with Crippen molar-refractivity contribution in [2.24, 2.45) is 0 Å². The number of H-pyrrole nitrogens is 1. The van der Waals surface area contributed by atoms with Crippen LogP contribution in [0.5, 0.6) is 5.75 Å². The van der Waals surface area contributed by atoms with Crippen LogP contribution >= 0.6 is 27.5 Å². The molecule has 3 rings (SSSR count). The van der Waals surface area contributed by atoms with Crippen LogP contribution in [0.15, 0.2) is 41.0 Å². The first kappa shape index (κ1) is 17.4. The third-order valence-corrected chi connectivity index (χ3v) is 4.08. The summed E-state index contributed by atoms with van der Waals surface area (Å²) in [5.74, 6) is 1.47. The Kier molecular flexibility index (Phi) is 5.30. The zero-order valence-corrected chi connectivity index (χ0v) is 15.4. The van der Waals surface area contributed by atoms with E-state index in [-0.39, 0.29) is 23.2 Å². The van der Waals surface area contributed by atoms with E-state index in [2.05, 4.69) is 41.4 Å². The molecule has 2 N–H and O–H groups in total. The molecule has 0 saturated heterocycles. The van der Waals surface area contributed by atoms with Gasteiger partial charge in [0.25, 0.3) is 5.91 Å². The van der Waals surface area contributed by atoms with Gasteiger partial charge >= 0.3 is 0 Å². The van der Waals surface area contributed by atoms with Crippen molar-refractivity contribution in [3.63, 3.8) is 0 Å². The van der Waals surface area contributed by atoms with Crippen LogP contribution in [0.3, 0.4) is 0 Å². The van der Waals surface area contributed by atoms with Gasteiger partial charge in [0.1, 0.15) is 16.7 Å². The summed E-state index contributed by atoms with van der Waals surface area (Å²) < 4.78 is 5.79. The normalized spacial score (nSPS) is 10.5. The SMILES string of the molecule is COc1ccc(-c2n[nH]c(CNC(=O)c3cc(Br)cnc3Cl)n2)cc1. The Morgan fingerprint density at radius 1 is 1.36 bits per heavy atom. The summed E-state index contributed by atoms with van der Waals surface area (Å²) >= 11 is 9.20. The Morgan fingerprint density at radius 3 is 2.84 bits per heavy atom. The van der Waals surface area contributed by atoms with Crippen molar-refractivity contribution in [1.82, 2.24) is 25.5 Å². The number of carbonyl (C=O) groups is 1. The van der Waals surface area contributed by atoms with Gasteiger partial charge in [-0.2, -0.15) is 5.10 Å². The number of ether oxygens (including phenoxy) is 1. The minimum Gasteiger partial charge on any atom is -0.497 e. The van der Waals surface area contributed by atoms with Crippen molar-refractivity contribution in [1.29, 1.82) is 0 Å². The van der Waals surface area contributed by atoms with Crippen molar-refractivity contribution in [2.45, 2.75) is 6.54 Å². The monoisotopic (exact) mass is 421 g/mol. The Hall–Kier alpha value is -2.45. The maximum absolute atomic E-state index is 12.2. The smallest absolute Gasteiger partial charge is 0.254 e. The van der Waals surface area contributed by atoms with E-state index in [1.807, 2.05) is 24.3 Å². The average molecular weight is 423 g/mol. The van der Waals surface area contributed by atoms with Gasteiger partial charge in [0.2, 0.25) is 0 Å². The van der Waals surface area contributed by atoms with Crippen molar-refractivity contribution < 1.29 is 9.53 Å². The van der Waals surface area contributed by atoms with Gasteiger partial charge < -0.3 is 10.1 Å². The number of halogens is 2. The second-order valence-corrected chi connectivity index (χ2v) is 6.28. The lowest BCUT2D eigenvalue weighted by Crippen LogP contribution is -2.24. The molecule has 7 nitrogen and oxygen atoms in total. The number of nitrogens with one attached hydrogen (secondary N) is 2. The van der Waals surface area contributed by atoms with Crippen molar-refractivity contribution in [3.8, 4) is 17.1 Å². The van der Waals surface area contributed by atoms with Crippen molar-refractivity contribution in [2.75, 3.05) is 7.11 Å². The van der Waals surface area contributed by atoms with Gasteiger partial charge in [0.15, 0.2) is 5.82 Å². The highest BCUT2D eigenvalue weighted by Gasteiger charge is 2.13. The number of methoxy groups -OCH3 is 1. The number of rotatable bonds is 5. The number of benzene rings is 1. The first-order valence-electron chi connectivity index (χ1n) is 7.22. The van der Waals surface area contributed by atoms with Crippen molar-refractivity contribution >= 4 is 33.4 Å². The maximum atomic E-state index is 12.2. The van der Waals surface area contributed by atoms with Gasteiger partial charge in [-0.15, -0.1) is 0 Å². The molecule has 0 saturated carbocycles. The molecule has 0 aliphatic carbocycles. The molecule has 1 amide bonds. The summed E-state index contributed by atoms with van der Waals surface area (Å²) in [6.45, 7) is 0.185. The molecule has 128 valence electrons. The molecule has 0 radical (unpaired) electrons. The lowest BCUT2D eigenvalue weighted by Gasteiger charge is -2.05. The van der Waals surface area contributed by atoms with E-state index in [0.29, 0.717) is 16.1 Å². The van der Waals surface area contributed by atoms with Crippen LogP contribution in [-0.4, -0.2) is 33.2 Å². The first-order valence-corrected chi connectivity index (χ1v) is 8.39.